The Morgan fingerprint density at radius 3 is 2.41 bits per heavy atom. The first-order valence-electron chi connectivity index (χ1n) is 11.1. The fraction of sp³-hybridized carbons (Fsp3) is 0.583. The third-order valence-electron chi connectivity index (χ3n) is 6.40. The van der Waals surface area contributed by atoms with Gasteiger partial charge in [0.1, 0.15) is 0 Å². The standard InChI is InChI=1S/C24H35N3O2/c1-3-26(4-2)23(28)19-25-16-13-21(14-17-25)22-12-8-9-15-27(24(22)29)18-20-10-6-5-7-11-20/h5-11,21-22H,3-4,12-19H2,1-2H3. The molecule has 0 radical (unpaired) electrons. The van der Waals surface area contributed by atoms with Crippen LogP contribution >= 0.6 is 0 Å². The molecule has 1 aromatic rings. The first-order chi connectivity index (χ1) is 14.1. The van der Waals surface area contributed by atoms with E-state index in [2.05, 4.69) is 29.2 Å². The number of carbonyl (C=O) groups is 2. The van der Waals surface area contributed by atoms with Crippen molar-refractivity contribution in [2.45, 2.75) is 39.7 Å². The van der Waals surface area contributed by atoms with Gasteiger partial charge >= 0.3 is 0 Å². The van der Waals surface area contributed by atoms with Gasteiger partial charge in [-0.25, -0.2) is 0 Å². The van der Waals surface area contributed by atoms with Crippen LogP contribution in [-0.4, -0.2) is 65.8 Å². The van der Waals surface area contributed by atoms with E-state index in [1.54, 1.807) is 0 Å². The van der Waals surface area contributed by atoms with Gasteiger partial charge in [-0.05, 0) is 57.7 Å². The van der Waals surface area contributed by atoms with Gasteiger partial charge in [0, 0.05) is 32.1 Å². The minimum Gasteiger partial charge on any atom is -0.342 e. The molecule has 1 atom stereocenters. The van der Waals surface area contributed by atoms with Crippen molar-refractivity contribution in [1.29, 1.82) is 0 Å². The van der Waals surface area contributed by atoms with Crippen LogP contribution in [0, 0.1) is 11.8 Å². The summed E-state index contributed by atoms with van der Waals surface area (Å²) in [5, 5.41) is 0. The van der Waals surface area contributed by atoms with Gasteiger partial charge in [0.2, 0.25) is 11.8 Å². The predicted molar refractivity (Wildman–Crippen MR) is 116 cm³/mol. The summed E-state index contributed by atoms with van der Waals surface area (Å²) in [4.78, 5) is 31.8. The molecule has 5 nitrogen and oxygen atoms in total. The van der Waals surface area contributed by atoms with E-state index >= 15 is 0 Å². The van der Waals surface area contributed by atoms with E-state index in [4.69, 9.17) is 0 Å². The highest BCUT2D eigenvalue weighted by Crippen LogP contribution is 2.31. The number of likely N-dealkylation sites (N-methyl/N-ethyl adjacent to an activating group) is 1. The number of nitrogens with zero attached hydrogens (tertiary/aromatic N) is 3. The monoisotopic (exact) mass is 397 g/mol. The summed E-state index contributed by atoms with van der Waals surface area (Å²) in [7, 11) is 0. The number of hydrogen-bond donors (Lipinski definition) is 0. The molecule has 2 heterocycles. The van der Waals surface area contributed by atoms with Crippen LogP contribution in [0.15, 0.2) is 42.5 Å². The summed E-state index contributed by atoms with van der Waals surface area (Å²) in [6, 6.07) is 10.2. The molecule has 158 valence electrons. The lowest BCUT2D eigenvalue weighted by Gasteiger charge is -2.36. The van der Waals surface area contributed by atoms with Crippen molar-refractivity contribution >= 4 is 11.8 Å². The average Bonchev–Trinajstić information content (AvgIpc) is 2.92. The Kier molecular flexibility index (Phi) is 7.87. The normalized spacial score (nSPS) is 21.2. The molecule has 1 unspecified atom stereocenters. The number of benzene rings is 1. The summed E-state index contributed by atoms with van der Waals surface area (Å²) in [6.07, 6.45) is 7.15. The van der Waals surface area contributed by atoms with Crippen LogP contribution in [0.2, 0.25) is 0 Å². The summed E-state index contributed by atoms with van der Waals surface area (Å²) < 4.78 is 0. The molecule has 5 heteroatoms. The highest BCUT2D eigenvalue weighted by molar-refractivity contribution is 5.80. The SMILES string of the molecule is CCN(CC)C(=O)CN1CCC(C2CC=CCN(Cc3ccccc3)C2=O)CC1. The van der Waals surface area contributed by atoms with Gasteiger partial charge in [-0.1, -0.05) is 42.5 Å². The quantitative estimate of drug-likeness (QED) is 0.664. The van der Waals surface area contributed by atoms with Crippen molar-refractivity contribution in [2.24, 2.45) is 11.8 Å². The zero-order chi connectivity index (χ0) is 20.6. The van der Waals surface area contributed by atoms with Crippen LogP contribution in [0.4, 0.5) is 0 Å². The minimum absolute atomic E-state index is 0.0677. The number of allylic oxidation sites excluding steroid dienone is 1. The molecule has 1 saturated heterocycles. The van der Waals surface area contributed by atoms with Crippen LogP contribution in [-0.2, 0) is 16.1 Å². The predicted octanol–water partition coefficient (Wildman–Crippen LogP) is 3.17. The highest BCUT2D eigenvalue weighted by Gasteiger charge is 2.34. The Labute approximate surface area is 175 Å². The Morgan fingerprint density at radius 2 is 1.76 bits per heavy atom. The molecule has 0 aromatic heterocycles. The van der Waals surface area contributed by atoms with Gasteiger partial charge in [0.15, 0.2) is 0 Å². The van der Waals surface area contributed by atoms with Gasteiger partial charge in [-0.15, -0.1) is 0 Å². The zero-order valence-corrected chi connectivity index (χ0v) is 17.9. The summed E-state index contributed by atoms with van der Waals surface area (Å²) in [5.74, 6) is 0.980. The van der Waals surface area contributed by atoms with Crippen LogP contribution < -0.4 is 0 Å². The van der Waals surface area contributed by atoms with Crippen molar-refractivity contribution < 1.29 is 9.59 Å². The fourth-order valence-electron chi connectivity index (χ4n) is 4.59. The minimum atomic E-state index is 0.0677. The van der Waals surface area contributed by atoms with Gasteiger partial charge in [0.05, 0.1) is 6.54 Å². The Morgan fingerprint density at radius 1 is 1.07 bits per heavy atom. The Balaban J connectivity index is 1.55. The molecule has 29 heavy (non-hydrogen) atoms. The second-order valence-corrected chi connectivity index (χ2v) is 8.20. The summed E-state index contributed by atoms with van der Waals surface area (Å²) >= 11 is 0. The lowest BCUT2D eigenvalue weighted by molar-refractivity contribution is -0.138. The molecule has 0 bridgehead atoms. The van der Waals surface area contributed by atoms with E-state index in [0.717, 1.165) is 45.4 Å². The molecule has 2 aliphatic heterocycles. The number of amides is 2. The van der Waals surface area contributed by atoms with Crippen LogP contribution in [0.5, 0.6) is 0 Å². The van der Waals surface area contributed by atoms with E-state index in [-0.39, 0.29) is 17.7 Å². The Hall–Kier alpha value is -2.14. The van der Waals surface area contributed by atoms with E-state index < -0.39 is 0 Å². The molecule has 0 saturated carbocycles. The highest BCUT2D eigenvalue weighted by atomic mass is 16.2. The van der Waals surface area contributed by atoms with Crippen LogP contribution in [0.1, 0.15) is 38.7 Å². The summed E-state index contributed by atoms with van der Waals surface area (Å²) in [6.45, 7) is 9.29. The molecule has 2 aliphatic rings. The van der Waals surface area contributed by atoms with E-state index in [0.29, 0.717) is 25.6 Å². The number of hydrogen-bond acceptors (Lipinski definition) is 3. The van der Waals surface area contributed by atoms with Gasteiger partial charge in [-0.3, -0.25) is 14.5 Å². The molecule has 2 amide bonds. The van der Waals surface area contributed by atoms with Crippen LogP contribution in [0.3, 0.4) is 0 Å². The van der Waals surface area contributed by atoms with E-state index in [1.165, 1.54) is 5.56 Å². The molecule has 1 aromatic carbocycles. The second kappa shape index (κ2) is 10.6. The molecule has 0 spiro atoms. The largest absolute Gasteiger partial charge is 0.342 e. The number of piperidine rings is 1. The molecular weight excluding hydrogens is 362 g/mol. The van der Waals surface area contributed by atoms with Gasteiger partial charge in [-0.2, -0.15) is 0 Å². The Bertz CT molecular complexity index is 691. The third-order valence-corrected chi connectivity index (χ3v) is 6.40. The number of rotatable bonds is 7. The second-order valence-electron chi connectivity index (χ2n) is 8.20. The van der Waals surface area contributed by atoms with Crippen molar-refractivity contribution in [3.8, 4) is 0 Å². The molecule has 3 rings (SSSR count). The first-order valence-corrected chi connectivity index (χ1v) is 11.1. The maximum absolute atomic E-state index is 13.3. The third kappa shape index (κ3) is 5.69. The smallest absolute Gasteiger partial charge is 0.236 e. The first kappa shape index (κ1) is 21.6. The van der Waals surface area contributed by atoms with E-state index in [1.807, 2.05) is 41.8 Å². The lowest BCUT2D eigenvalue weighted by atomic mass is 9.81. The molecule has 0 N–H and O–H groups in total. The van der Waals surface area contributed by atoms with Gasteiger partial charge in [0.25, 0.3) is 0 Å². The zero-order valence-electron chi connectivity index (χ0n) is 17.9. The average molecular weight is 398 g/mol. The lowest BCUT2D eigenvalue weighted by Crippen LogP contribution is -2.46. The fourth-order valence-corrected chi connectivity index (χ4v) is 4.59. The maximum atomic E-state index is 13.3. The summed E-state index contributed by atoms with van der Waals surface area (Å²) in [5.41, 5.74) is 1.18. The van der Waals surface area contributed by atoms with Crippen molar-refractivity contribution in [1.82, 2.24) is 14.7 Å². The van der Waals surface area contributed by atoms with Crippen LogP contribution in [0.25, 0.3) is 0 Å². The molecular formula is C24H35N3O2. The van der Waals surface area contributed by atoms with Gasteiger partial charge < -0.3 is 9.80 Å². The molecule has 1 fully saturated rings. The number of carbonyl (C=O) groups excluding carboxylic acids is 2. The number of likely N-dealkylation sites (tertiary alicyclic amines) is 1. The van der Waals surface area contributed by atoms with Crippen molar-refractivity contribution in [3.05, 3.63) is 48.0 Å². The topological polar surface area (TPSA) is 43.9 Å². The van der Waals surface area contributed by atoms with Crippen molar-refractivity contribution in [3.63, 3.8) is 0 Å². The molecule has 0 aliphatic carbocycles. The van der Waals surface area contributed by atoms with Crippen molar-refractivity contribution in [2.75, 3.05) is 39.3 Å². The maximum Gasteiger partial charge on any atom is 0.236 e. The van der Waals surface area contributed by atoms with E-state index in [9.17, 15) is 9.59 Å².